The van der Waals surface area contributed by atoms with Crippen molar-refractivity contribution in [2.45, 2.75) is 20.3 Å². The highest BCUT2D eigenvalue weighted by atomic mass is 16.5. The molecule has 0 spiro atoms. The Bertz CT molecular complexity index is 693. The van der Waals surface area contributed by atoms with Crippen LogP contribution in [0, 0.1) is 0 Å². The number of allylic oxidation sites excluding steroid dienone is 2. The molecule has 2 aromatic carbocycles. The molecule has 0 heterocycles. The fourth-order valence-corrected chi connectivity index (χ4v) is 2.91. The Kier molecular flexibility index (Phi) is 3.92. The molecule has 0 fully saturated rings. The summed E-state index contributed by atoms with van der Waals surface area (Å²) in [6, 6.07) is 19.0. The van der Waals surface area contributed by atoms with Gasteiger partial charge in [0.15, 0.2) is 0 Å². The van der Waals surface area contributed by atoms with Gasteiger partial charge in [-0.1, -0.05) is 60.2 Å². The first-order chi connectivity index (χ1) is 10.3. The highest BCUT2D eigenvalue weighted by Crippen LogP contribution is 2.38. The monoisotopic (exact) mass is 276 g/mol. The minimum Gasteiger partial charge on any atom is -0.493 e. The predicted octanol–water partition coefficient (Wildman–Crippen LogP) is 5.09. The molecule has 0 amide bonds. The smallest absolute Gasteiger partial charge is 0.127 e. The molecule has 1 aliphatic rings. The summed E-state index contributed by atoms with van der Waals surface area (Å²) < 4.78 is 5.96. The summed E-state index contributed by atoms with van der Waals surface area (Å²) in [5, 5.41) is 0. The summed E-state index contributed by atoms with van der Waals surface area (Å²) >= 11 is 0. The van der Waals surface area contributed by atoms with Gasteiger partial charge < -0.3 is 4.74 Å². The van der Waals surface area contributed by atoms with E-state index in [1.54, 1.807) is 0 Å². The van der Waals surface area contributed by atoms with Crippen molar-refractivity contribution < 1.29 is 4.74 Å². The van der Waals surface area contributed by atoms with Crippen LogP contribution in [-0.4, -0.2) is 6.61 Å². The number of hydrogen-bond donors (Lipinski definition) is 0. The van der Waals surface area contributed by atoms with Gasteiger partial charge in [0.25, 0.3) is 0 Å². The van der Waals surface area contributed by atoms with E-state index in [1.165, 1.54) is 27.8 Å². The van der Waals surface area contributed by atoms with Crippen LogP contribution in [-0.2, 0) is 11.2 Å². The molecule has 0 bridgehead atoms. The molecule has 0 saturated carbocycles. The molecule has 1 aliphatic carbocycles. The van der Waals surface area contributed by atoms with Crippen LogP contribution < -0.4 is 0 Å². The van der Waals surface area contributed by atoms with Crippen LogP contribution in [0.5, 0.6) is 0 Å². The fraction of sp³-hybridized carbons (Fsp3) is 0.200. The van der Waals surface area contributed by atoms with Crippen molar-refractivity contribution in [3.05, 3.63) is 82.6 Å². The maximum Gasteiger partial charge on any atom is 0.127 e. The molecule has 0 aromatic heterocycles. The number of hydrogen-bond acceptors (Lipinski definition) is 1. The second kappa shape index (κ2) is 6.01. The summed E-state index contributed by atoms with van der Waals surface area (Å²) in [5.41, 5.74) is 6.52. The lowest BCUT2D eigenvalue weighted by Crippen LogP contribution is -1.96. The molecule has 0 saturated heterocycles. The quantitative estimate of drug-likeness (QED) is 0.706. The second-order valence-corrected chi connectivity index (χ2v) is 5.34. The van der Waals surface area contributed by atoms with Crippen LogP contribution in [0.15, 0.2) is 65.9 Å². The van der Waals surface area contributed by atoms with E-state index in [0.29, 0.717) is 6.61 Å². The van der Waals surface area contributed by atoms with E-state index in [2.05, 4.69) is 61.5 Å². The normalized spacial score (nSPS) is 14.3. The molecular weight excluding hydrogens is 256 g/mol. The van der Waals surface area contributed by atoms with E-state index in [-0.39, 0.29) is 0 Å². The Balaban J connectivity index is 2.06. The van der Waals surface area contributed by atoms with Gasteiger partial charge in [-0.25, -0.2) is 0 Å². The van der Waals surface area contributed by atoms with Gasteiger partial charge in [-0.05, 0) is 43.0 Å². The zero-order chi connectivity index (χ0) is 14.7. The SMILES string of the molecule is CCO/C(=C/c1ccccc1)C1=C(C)Cc2ccccc21. The Morgan fingerprint density at radius 3 is 2.52 bits per heavy atom. The topological polar surface area (TPSA) is 9.23 Å². The zero-order valence-corrected chi connectivity index (χ0v) is 12.6. The molecule has 0 aliphatic heterocycles. The summed E-state index contributed by atoms with van der Waals surface area (Å²) in [4.78, 5) is 0. The Morgan fingerprint density at radius 1 is 1.05 bits per heavy atom. The van der Waals surface area contributed by atoms with Crippen molar-refractivity contribution in [2.75, 3.05) is 6.61 Å². The van der Waals surface area contributed by atoms with E-state index in [1.807, 2.05) is 13.0 Å². The molecule has 0 radical (unpaired) electrons. The lowest BCUT2D eigenvalue weighted by molar-refractivity contribution is 0.249. The Hall–Kier alpha value is -2.28. The van der Waals surface area contributed by atoms with Crippen LogP contribution in [0.4, 0.5) is 0 Å². The molecular formula is C20H20O. The number of fused-ring (bicyclic) bond motifs is 1. The maximum atomic E-state index is 5.96. The van der Waals surface area contributed by atoms with Gasteiger partial charge in [-0.15, -0.1) is 0 Å². The average Bonchev–Trinajstić information content (AvgIpc) is 2.83. The fourth-order valence-electron chi connectivity index (χ4n) is 2.91. The molecule has 0 N–H and O–H groups in total. The minimum absolute atomic E-state index is 0.678. The molecule has 1 heteroatoms. The lowest BCUT2D eigenvalue weighted by Gasteiger charge is -2.13. The van der Waals surface area contributed by atoms with Gasteiger partial charge in [-0.2, -0.15) is 0 Å². The van der Waals surface area contributed by atoms with E-state index < -0.39 is 0 Å². The minimum atomic E-state index is 0.678. The molecule has 106 valence electrons. The van der Waals surface area contributed by atoms with Crippen LogP contribution in [0.2, 0.25) is 0 Å². The molecule has 21 heavy (non-hydrogen) atoms. The van der Waals surface area contributed by atoms with Crippen molar-refractivity contribution in [3.8, 4) is 0 Å². The first-order valence-electron chi connectivity index (χ1n) is 7.47. The van der Waals surface area contributed by atoms with E-state index in [9.17, 15) is 0 Å². The van der Waals surface area contributed by atoms with Gasteiger partial charge >= 0.3 is 0 Å². The molecule has 3 rings (SSSR count). The Morgan fingerprint density at radius 2 is 1.76 bits per heavy atom. The molecule has 1 nitrogen and oxygen atoms in total. The highest BCUT2D eigenvalue weighted by molar-refractivity contribution is 5.88. The van der Waals surface area contributed by atoms with Crippen molar-refractivity contribution in [1.29, 1.82) is 0 Å². The maximum absolute atomic E-state index is 5.96. The molecule has 0 atom stereocenters. The van der Waals surface area contributed by atoms with E-state index in [0.717, 1.165) is 12.2 Å². The summed E-state index contributed by atoms with van der Waals surface area (Å²) in [6.07, 6.45) is 3.16. The van der Waals surface area contributed by atoms with E-state index in [4.69, 9.17) is 4.74 Å². The van der Waals surface area contributed by atoms with Crippen LogP contribution in [0.25, 0.3) is 11.6 Å². The van der Waals surface area contributed by atoms with Gasteiger partial charge in [-0.3, -0.25) is 0 Å². The van der Waals surface area contributed by atoms with Crippen molar-refractivity contribution >= 4 is 11.6 Å². The van der Waals surface area contributed by atoms with Crippen LogP contribution >= 0.6 is 0 Å². The summed E-state index contributed by atoms with van der Waals surface area (Å²) in [6.45, 7) is 4.92. The largest absolute Gasteiger partial charge is 0.493 e. The van der Waals surface area contributed by atoms with Gasteiger partial charge in [0.1, 0.15) is 5.76 Å². The van der Waals surface area contributed by atoms with Crippen molar-refractivity contribution in [3.63, 3.8) is 0 Å². The molecule has 2 aromatic rings. The standard InChI is InChI=1S/C20H20O/c1-3-21-19(14-16-9-5-4-6-10-16)20-15(2)13-17-11-7-8-12-18(17)20/h4-12,14H,3,13H2,1-2H3/b19-14+. The lowest BCUT2D eigenvalue weighted by atomic mass is 10.0. The third-order valence-electron chi connectivity index (χ3n) is 3.81. The van der Waals surface area contributed by atoms with Gasteiger partial charge in [0.2, 0.25) is 0 Å². The third-order valence-corrected chi connectivity index (χ3v) is 3.81. The predicted molar refractivity (Wildman–Crippen MR) is 88.8 cm³/mol. The average molecular weight is 276 g/mol. The number of ether oxygens (including phenoxy) is 1. The Labute approximate surface area is 126 Å². The number of rotatable bonds is 4. The van der Waals surface area contributed by atoms with E-state index >= 15 is 0 Å². The first-order valence-corrected chi connectivity index (χ1v) is 7.47. The van der Waals surface area contributed by atoms with Crippen LogP contribution in [0.3, 0.4) is 0 Å². The third kappa shape index (κ3) is 2.78. The van der Waals surface area contributed by atoms with Crippen LogP contribution in [0.1, 0.15) is 30.5 Å². The van der Waals surface area contributed by atoms with Crippen molar-refractivity contribution in [1.82, 2.24) is 0 Å². The summed E-state index contributed by atoms with van der Waals surface area (Å²) in [5.74, 6) is 0.978. The second-order valence-electron chi connectivity index (χ2n) is 5.34. The zero-order valence-electron chi connectivity index (χ0n) is 12.6. The van der Waals surface area contributed by atoms with Gasteiger partial charge in [0, 0.05) is 5.57 Å². The first kappa shape index (κ1) is 13.7. The van der Waals surface area contributed by atoms with Crippen molar-refractivity contribution in [2.24, 2.45) is 0 Å². The summed E-state index contributed by atoms with van der Waals surface area (Å²) in [7, 11) is 0. The number of benzene rings is 2. The highest BCUT2D eigenvalue weighted by Gasteiger charge is 2.22. The van der Waals surface area contributed by atoms with Gasteiger partial charge in [0.05, 0.1) is 6.61 Å². The molecule has 0 unspecified atom stereocenters.